The van der Waals surface area contributed by atoms with Crippen LogP contribution in [0.5, 0.6) is 5.88 Å². The lowest BCUT2D eigenvalue weighted by atomic mass is 9.92. The maximum absolute atomic E-state index is 13.2. The van der Waals surface area contributed by atoms with Crippen LogP contribution in [0.1, 0.15) is 36.2 Å². The van der Waals surface area contributed by atoms with Gasteiger partial charge in [-0.2, -0.15) is 0 Å². The summed E-state index contributed by atoms with van der Waals surface area (Å²) >= 11 is 3.70. The van der Waals surface area contributed by atoms with Crippen LogP contribution < -0.4 is 10.1 Å². The van der Waals surface area contributed by atoms with Crippen LogP contribution in [-0.2, 0) is 15.1 Å². The Balaban J connectivity index is 1.51. The summed E-state index contributed by atoms with van der Waals surface area (Å²) in [6.07, 6.45) is 1.99. The number of methoxy groups -OCH3 is 1. The second-order valence-corrected chi connectivity index (χ2v) is 10.2. The Morgan fingerprint density at radius 2 is 2.06 bits per heavy atom. The average molecular weight is 557 g/mol. The maximum atomic E-state index is 13.2. The van der Waals surface area contributed by atoms with Gasteiger partial charge < -0.3 is 19.5 Å². The van der Waals surface area contributed by atoms with E-state index in [9.17, 15) is 9.59 Å². The van der Waals surface area contributed by atoms with Gasteiger partial charge in [0.15, 0.2) is 0 Å². The van der Waals surface area contributed by atoms with Gasteiger partial charge in [-0.25, -0.2) is 14.3 Å². The monoisotopic (exact) mass is 556 g/mol. The van der Waals surface area contributed by atoms with Crippen molar-refractivity contribution in [1.29, 1.82) is 0 Å². The van der Waals surface area contributed by atoms with E-state index in [4.69, 9.17) is 14.2 Å². The van der Waals surface area contributed by atoms with Crippen molar-refractivity contribution in [2.45, 2.75) is 25.9 Å². The highest BCUT2D eigenvalue weighted by Crippen LogP contribution is 2.47. The number of rotatable bonds is 7. The molecule has 1 saturated heterocycles. The predicted molar refractivity (Wildman–Crippen MR) is 139 cm³/mol. The van der Waals surface area contributed by atoms with Gasteiger partial charge in [-0.1, -0.05) is 0 Å². The fraction of sp³-hybridized carbons (Fsp3) is 0.423. The van der Waals surface area contributed by atoms with Crippen molar-refractivity contribution in [2.75, 3.05) is 46.5 Å². The lowest BCUT2D eigenvalue weighted by Crippen LogP contribution is -2.38. The molecule has 0 radical (unpaired) electrons. The molecule has 36 heavy (non-hydrogen) atoms. The molecule has 3 aromatic rings. The van der Waals surface area contributed by atoms with Crippen molar-refractivity contribution < 1.29 is 23.8 Å². The topological polar surface area (TPSA) is 94.9 Å². The highest BCUT2D eigenvalue weighted by Gasteiger charge is 2.39. The summed E-state index contributed by atoms with van der Waals surface area (Å²) in [6.45, 7) is 8.53. The van der Waals surface area contributed by atoms with Gasteiger partial charge in [-0.05, 0) is 67.0 Å². The third kappa shape index (κ3) is 4.38. The molecule has 1 amide bonds. The van der Waals surface area contributed by atoms with Crippen LogP contribution in [0.2, 0.25) is 0 Å². The number of pyridine rings is 1. The Morgan fingerprint density at radius 1 is 1.28 bits per heavy atom. The predicted octanol–water partition coefficient (Wildman–Crippen LogP) is 4.16. The molecule has 0 atom stereocenters. The summed E-state index contributed by atoms with van der Waals surface area (Å²) < 4.78 is 18.9. The number of morpholine rings is 1. The number of hydrogen-bond donors (Lipinski definition) is 1. The zero-order valence-electron chi connectivity index (χ0n) is 20.6. The molecule has 0 saturated carbocycles. The molecule has 2 aliphatic rings. The molecule has 5 rings (SSSR count). The van der Waals surface area contributed by atoms with Gasteiger partial charge in [0.1, 0.15) is 5.60 Å². The van der Waals surface area contributed by atoms with Crippen LogP contribution in [0.15, 0.2) is 34.9 Å². The molecule has 2 aliphatic heterocycles. The quantitative estimate of drug-likeness (QED) is 0.436. The highest BCUT2D eigenvalue weighted by atomic mass is 79.9. The fourth-order valence-electron chi connectivity index (χ4n) is 4.88. The first-order valence-electron chi connectivity index (χ1n) is 12.0. The summed E-state index contributed by atoms with van der Waals surface area (Å²) in [5.74, 6) is 0.220. The molecular formula is C26H29BrN4O5. The highest BCUT2D eigenvalue weighted by molar-refractivity contribution is 9.10. The number of nitrogens with one attached hydrogen (secondary N) is 1. The standard InChI is InChI=1S/C26H29BrN4O5/c1-26(2)19-15-16(23(32)28-8-5-9-30-10-12-35-13-11-30)14-18-20(27)22(31(21(18)19)25(33)36-26)17-6-4-7-29-24(17)34-3/h4,6-7,14-15H,5,8-13H2,1-3H3,(H,28,32). The van der Waals surface area contributed by atoms with E-state index < -0.39 is 11.7 Å². The number of carbonyl (C=O) groups excluding carboxylic acids is 2. The average Bonchev–Trinajstić information content (AvgIpc) is 3.18. The first-order chi connectivity index (χ1) is 17.3. The minimum Gasteiger partial charge on any atom is -0.481 e. The summed E-state index contributed by atoms with van der Waals surface area (Å²) in [4.78, 5) is 33.0. The van der Waals surface area contributed by atoms with Crippen LogP contribution in [0.4, 0.5) is 4.79 Å². The molecule has 0 aliphatic carbocycles. The third-order valence-corrected chi connectivity index (χ3v) is 7.50. The van der Waals surface area contributed by atoms with E-state index in [1.165, 1.54) is 11.7 Å². The Labute approximate surface area is 217 Å². The summed E-state index contributed by atoms with van der Waals surface area (Å²) in [5.41, 5.74) is 2.27. The first kappa shape index (κ1) is 24.7. The zero-order valence-corrected chi connectivity index (χ0v) is 22.2. The van der Waals surface area contributed by atoms with Gasteiger partial charge in [0.2, 0.25) is 5.88 Å². The lowest BCUT2D eigenvalue weighted by molar-refractivity contribution is 0.0334. The fourth-order valence-corrected chi connectivity index (χ4v) is 5.57. The molecule has 0 spiro atoms. The van der Waals surface area contributed by atoms with E-state index in [1.807, 2.05) is 32.0 Å². The largest absolute Gasteiger partial charge is 0.481 e. The number of carbonyl (C=O) groups is 2. The van der Waals surface area contributed by atoms with Crippen molar-refractivity contribution in [1.82, 2.24) is 19.8 Å². The van der Waals surface area contributed by atoms with Gasteiger partial charge in [-0.3, -0.25) is 9.69 Å². The molecule has 0 unspecified atom stereocenters. The molecule has 2 aromatic heterocycles. The number of nitrogens with zero attached hydrogens (tertiary/aromatic N) is 3. The molecule has 10 heteroatoms. The number of cyclic esters (lactones) is 1. The smallest absolute Gasteiger partial charge is 0.419 e. The molecule has 190 valence electrons. The van der Waals surface area contributed by atoms with Crippen LogP contribution in [-0.4, -0.2) is 73.0 Å². The molecule has 0 bridgehead atoms. The van der Waals surface area contributed by atoms with E-state index in [2.05, 4.69) is 31.1 Å². The van der Waals surface area contributed by atoms with E-state index in [0.29, 0.717) is 39.2 Å². The molecule has 1 aromatic carbocycles. The molecule has 9 nitrogen and oxygen atoms in total. The van der Waals surface area contributed by atoms with Crippen LogP contribution in [0, 0.1) is 0 Å². The second kappa shape index (κ2) is 9.84. The maximum Gasteiger partial charge on any atom is 0.419 e. The Morgan fingerprint density at radius 3 is 2.81 bits per heavy atom. The number of halogens is 1. The number of ether oxygens (including phenoxy) is 3. The van der Waals surface area contributed by atoms with Crippen molar-refractivity contribution in [3.8, 4) is 17.1 Å². The van der Waals surface area contributed by atoms with E-state index >= 15 is 0 Å². The van der Waals surface area contributed by atoms with E-state index in [0.717, 1.165) is 50.2 Å². The summed E-state index contributed by atoms with van der Waals surface area (Å²) in [5, 5.41) is 3.79. The van der Waals surface area contributed by atoms with E-state index in [-0.39, 0.29) is 5.91 Å². The van der Waals surface area contributed by atoms with Crippen LogP contribution >= 0.6 is 15.9 Å². The second-order valence-electron chi connectivity index (χ2n) is 9.42. The van der Waals surface area contributed by atoms with Gasteiger partial charge in [-0.15, -0.1) is 0 Å². The SMILES string of the molecule is COc1ncccc1-c1c(Br)c2cc(C(=O)NCCCN3CCOCC3)cc3c2n1C(=O)OC3(C)C. The molecule has 1 fully saturated rings. The Bertz CT molecular complexity index is 1330. The number of aromatic nitrogens is 2. The first-order valence-corrected chi connectivity index (χ1v) is 12.8. The van der Waals surface area contributed by atoms with Crippen LogP contribution in [0.3, 0.4) is 0 Å². The summed E-state index contributed by atoms with van der Waals surface area (Å²) in [7, 11) is 1.53. The van der Waals surface area contributed by atoms with Gasteiger partial charge >= 0.3 is 6.09 Å². The molecule has 4 heterocycles. The number of amides is 1. The van der Waals surface area contributed by atoms with Crippen LogP contribution in [0.25, 0.3) is 22.2 Å². The van der Waals surface area contributed by atoms with Gasteiger partial charge in [0, 0.05) is 42.3 Å². The third-order valence-electron chi connectivity index (χ3n) is 6.70. The molecular weight excluding hydrogens is 528 g/mol. The lowest BCUT2D eigenvalue weighted by Gasteiger charge is -2.32. The molecule has 1 N–H and O–H groups in total. The normalized spacial score (nSPS) is 17.2. The van der Waals surface area contributed by atoms with E-state index in [1.54, 1.807) is 12.3 Å². The number of hydrogen-bond acceptors (Lipinski definition) is 7. The van der Waals surface area contributed by atoms with Crippen molar-refractivity contribution in [3.63, 3.8) is 0 Å². The Hall–Kier alpha value is -2.95. The van der Waals surface area contributed by atoms with Crippen molar-refractivity contribution >= 4 is 38.8 Å². The minimum atomic E-state index is -0.911. The zero-order chi connectivity index (χ0) is 25.4. The van der Waals surface area contributed by atoms with Crippen molar-refractivity contribution in [2.24, 2.45) is 0 Å². The van der Waals surface area contributed by atoms with Gasteiger partial charge in [0.25, 0.3) is 5.91 Å². The number of benzene rings is 1. The Kier molecular flexibility index (Phi) is 6.76. The summed E-state index contributed by atoms with van der Waals surface area (Å²) in [6, 6.07) is 7.25. The van der Waals surface area contributed by atoms with Crippen molar-refractivity contribution in [3.05, 3.63) is 46.1 Å². The van der Waals surface area contributed by atoms with Gasteiger partial charge in [0.05, 0.1) is 41.6 Å². The minimum absolute atomic E-state index is 0.164.